The number of aliphatic hydroxyl groups excluding tert-OH is 1. The number of nitrogens with zero attached hydrogens (tertiary/aromatic N) is 1. The fraction of sp³-hybridized carbons (Fsp3) is 0.294. The van der Waals surface area contributed by atoms with E-state index < -0.39 is 6.04 Å². The molecule has 1 amide bonds. The highest BCUT2D eigenvalue weighted by molar-refractivity contribution is 5.94. The Morgan fingerprint density at radius 3 is 2.59 bits per heavy atom. The summed E-state index contributed by atoms with van der Waals surface area (Å²) in [5, 5.41) is 21.3. The normalized spacial score (nSPS) is 16.5. The predicted octanol–water partition coefficient (Wildman–Crippen LogP) is 2.30. The van der Waals surface area contributed by atoms with Crippen molar-refractivity contribution in [3.05, 3.63) is 59.5 Å². The number of benzene rings is 1. The van der Waals surface area contributed by atoms with Crippen molar-refractivity contribution >= 4 is 5.91 Å². The highest BCUT2D eigenvalue weighted by Gasteiger charge is 2.44. The van der Waals surface area contributed by atoms with Gasteiger partial charge in [-0.3, -0.25) is 4.79 Å². The number of carbonyl (C=O) groups is 1. The predicted molar refractivity (Wildman–Crippen MR) is 79.0 cm³/mol. The average Bonchev–Trinajstić information content (AvgIpc) is 3.18. The molecule has 1 unspecified atom stereocenters. The van der Waals surface area contributed by atoms with Gasteiger partial charge in [-0.15, -0.1) is 0 Å². The first kappa shape index (κ1) is 14.4. The van der Waals surface area contributed by atoms with Crippen LogP contribution in [0.4, 0.5) is 0 Å². The largest absolute Gasteiger partial charge is 0.467 e. The van der Waals surface area contributed by atoms with E-state index in [9.17, 15) is 15.2 Å². The van der Waals surface area contributed by atoms with Gasteiger partial charge in [0.15, 0.2) is 0 Å². The number of hydrogen-bond donors (Lipinski definition) is 2. The minimum Gasteiger partial charge on any atom is -0.467 e. The molecule has 1 atom stereocenters. The first-order valence-electron chi connectivity index (χ1n) is 7.15. The Bertz CT molecular complexity index is 695. The zero-order valence-corrected chi connectivity index (χ0v) is 12.0. The second-order valence-corrected chi connectivity index (χ2v) is 5.50. The van der Waals surface area contributed by atoms with Gasteiger partial charge in [-0.05, 0) is 42.7 Å². The van der Waals surface area contributed by atoms with E-state index in [1.165, 1.54) is 6.26 Å². The van der Waals surface area contributed by atoms with Crippen LogP contribution < -0.4 is 5.32 Å². The Hall–Kier alpha value is -2.58. The van der Waals surface area contributed by atoms with Crippen LogP contribution in [-0.2, 0) is 5.41 Å². The first-order valence-corrected chi connectivity index (χ1v) is 7.15. The van der Waals surface area contributed by atoms with Crippen molar-refractivity contribution in [2.45, 2.75) is 24.3 Å². The Kier molecular flexibility index (Phi) is 3.70. The molecule has 5 nitrogen and oxygen atoms in total. The molecule has 2 N–H and O–H groups in total. The number of nitrogens with one attached hydrogen (secondary N) is 1. The van der Waals surface area contributed by atoms with Crippen LogP contribution in [0.5, 0.6) is 0 Å². The Morgan fingerprint density at radius 2 is 2.09 bits per heavy atom. The van der Waals surface area contributed by atoms with Crippen molar-refractivity contribution in [2.75, 3.05) is 6.61 Å². The Labute approximate surface area is 128 Å². The summed E-state index contributed by atoms with van der Waals surface area (Å²) in [6.07, 6.45) is 3.25. The van der Waals surface area contributed by atoms with E-state index in [1.807, 2.05) is 12.1 Å². The van der Waals surface area contributed by atoms with Gasteiger partial charge in [0.05, 0.1) is 24.4 Å². The van der Waals surface area contributed by atoms with Crippen molar-refractivity contribution in [1.82, 2.24) is 5.32 Å². The number of aliphatic hydroxyl groups is 1. The van der Waals surface area contributed by atoms with E-state index in [1.54, 1.807) is 24.3 Å². The number of furan rings is 1. The van der Waals surface area contributed by atoms with Crippen LogP contribution in [0.3, 0.4) is 0 Å². The van der Waals surface area contributed by atoms with Crippen molar-refractivity contribution in [3.63, 3.8) is 0 Å². The number of hydrogen-bond acceptors (Lipinski definition) is 4. The van der Waals surface area contributed by atoms with Crippen LogP contribution in [0.1, 0.15) is 40.6 Å². The summed E-state index contributed by atoms with van der Waals surface area (Å²) in [6.45, 7) is -0.241. The zero-order valence-electron chi connectivity index (χ0n) is 12.0. The monoisotopic (exact) mass is 296 g/mol. The number of rotatable bonds is 5. The molecule has 0 spiro atoms. The quantitative estimate of drug-likeness (QED) is 0.886. The van der Waals surface area contributed by atoms with E-state index in [0.29, 0.717) is 11.3 Å². The summed E-state index contributed by atoms with van der Waals surface area (Å²) < 4.78 is 5.20. The molecule has 0 bridgehead atoms. The summed E-state index contributed by atoms with van der Waals surface area (Å²) in [6, 6.07) is 12.2. The van der Waals surface area contributed by atoms with Crippen LogP contribution in [0.15, 0.2) is 47.1 Å². The highest BCUT2D eigenvalue weighted by atomic mass is 16.3. The molecular weight excluding hydrogens is 280 g/mol. The molecule has 2 aromatic rings. The van der Waals surface area contributed by atoms with Crippen LogP contribution in [0.2, 0.25) is 0 Å². The third-order valence-electron chi connectivity index (χ3n) is 4.04. The van der Waals surface area contributed by atoms with Crippen molar-refractivity contribution in [2.24, 2.45) is 0 Å². The standard InChI is InChI=1S/C17H16N2O3/c18-11-17(7-8-17)13-5-3-12(4-6-13)16(21)19-14(10-20)15-2-1-9-22-15/h1-6,9,14,20H,7-8,10H2,(H,19,21). The molecule has 1 fully saturated rings. The molecule has 0 radical (unpaired) electrons. The third-order valence-corrected chi connectivity index (χ3v) is 4.04. The van der Waals surface area contributed by atoms with Crippen LogP contribution in [-0.4, -0.2) is 17.6 Å². The molecule has 0 saturated heterocycles. The van der Waals surface area contributed by atoms with Crippen LogP contribution in [0.25, 0.3) is 0 Å². The van der Waals surface area contributed by atoms with E-state index >= 15 is 0 Å². The summed E-state index contributed by atoms with van der Waals surface area (Å²) >= 11 is 0. The topological polar surface area (TPSA) is 86.3 Å². The highest BCUT2D eigenvalue weighted by Crippen LogP contribution is 2.47. The summed E-state index contributed by atoms with van der Waals surface area (Å²) in [5.74, 6) is 0.220. The molecular formula is C17H16N2O3. The van der Waals surface area contributed by atoms with E-state index in [0.717, 1.165) is 18.4 Å². The fourth-order valence-corrected chi connectivity index (χ4v) is 2.47. The summed E-state index contributed by atoms with van der Waals surface area (Å²) in [5.41, 5.74) is 1.09. The lowest BCUT2D eigenvalue weighted by Gasteiger charge is -2.14. The second-order valence-electron chi connectivity index (χ2n) is 5.50. The molecule has 1 saturated carbocycles. The molecule has 22 heavy (non-hydrogen) atoms. The molecule has 0 aliphatic heterocycles. The van der Waals surface area contributed by atoms with Crippen LogP contribution in [0, 0.1) is 11.3 Å². The molecule has 1 aliphatic rings. The van der Waals surface area contributed by atoms with E-state index in [4.69, 9.17) is 4.42 Å². The number of carbonyl (C=O) groups excluding carboxylic acids is 1. The van der Waals surface area contributed by atoms with Gasteiger partial charge in [0.1, 0.15) is 11.8 Å². The summed E-state index contributed by atoms with van der Waals surface area (Å²) in [7, 11) is 0. The van der Waals surface area contributed by atoms with Crippen molar-refractivity contribution in [1.29, 1.82) is 5.26 Å². The molecule has 1 aromatic carbocycles. The number of nitriles is 1. The SMILES string of the molecule is N#CC1(c2ccc(C(=O)NC(CO)c3ccco3)cc2)CC1. The molecule has 1 aliphatic carbocycles. The molecule has 1 aromatic heterocycles. The third kappa shape index (κ3) is 2.61. The van der Waals surface area contributed by atoms with Gasteiger partial charge >= 0.3 is 0 Å². The maximum absolute atomic E-state index is 12.2. The maximum atomic E-state index is 12.2. The van der Waals surface area contributed by atoms with Gasteiger partial charge in [0.2, 0.25) is 0 Å². The number of amides is 1. The zero-order chi connectivity index (χ0) is 15.6. The lowest BCUT2D eigenvalue weighted by atomic mass is 9.96. The minimum absolute atomic E-state index is 0.241. The van der Waals surface area contributed by atoms with Gasteiger partial charge in [0, 0.05) is 5.56 Å². The Balaban J connectivity index is 1.71. The Morgan fingerprint density at radius 1 is 1.36 bits per heavy atom. The van der Waals surface area contributed by atoms with Crippen LogP contribution >= 0.6 is 0 Å². The van der Waals surface area contributed by atoms with Crippen molar-refractivity contribution < 1.29 is 14.3 Å². The molecule has 112 valence electrons. The lowest BCUT2D eigenvalue weighted by molar-refractivity contribution is 0.0907. The smallest absolute Gasteiger partial charge is 0.251 e. The van der Waals surface area contributed by atoms with E-state index in [2.05, 4.69) is 11.4 Å². The van der Waals surface area contributed by atoms with Crippen molar-refractivity contribution in [3.8, 4) is 6.07 Å². The maximum Gasteiger partial charge on any atom is 0.251 e. The van der Waals surface area contributed by atoms with E-state index in [-0.39, 0.29) is 17.9 Å². The van der Waals surface area contributed by atoms with Gasteiger partial charge in [-0.2, -0.15) is 5.26 Å². The molecule has 3 rings (SSSR count). The molecule has 5 heteroatoms. The summed E-state index contributed by atoms with van der Waals surface area (Å²) in [4.78, 5) is 12.2. The average molecular weight is 296 g/mol. The first-order chi connectivity index (χ1) is 10.7. The van der Waals surface area contributed by atoms with Gasteiger partial charge < -0.3 is 14.8 Å². The molecule has 1 heterocycles. The van der Waals surface area contributed by atoms with Gasteiger partial charge in [-0.1, -0.05) is 12.1 Å². The second kappa shape index (κ2) is 5.66. The fourth-order valence-electron chi connectivity index (χ4n) is 2.47. The van der Waals surface area contributed by atoms with Gasteiger partial charge in [0.25, 0.3) is 5.91 Å². The minimum atomic E-state index is -0.573. The lowest BCUT2D eigenvalue weighted by Crippen LogP contribution is -2.30. The van der Waals surface area contributed by atoms with Gasteiger partial charge in [-0.25, -0.2) is 0 Å².